The molecule has 0 N–H and O–H groups in total. The number of imide groups is 1. The van der Waals surface area contributed by atoms with Gasteiger partial charge in [-0.3, -0.25) is 24.2 Å². The van der Waals surface area contributed by atoms with Crippen molar-refractivity contribution in [2.45, 2.75) is 12.6 Å². The molecular formula is C21H19F3N2O4. The maximum absolute atomic E-state index is 13.3. The molecule has 30 heavy (non-hydrogen) atoms. The highest BCUT2D eigenvalue weighted by Gasteiger charge is 2.67. The highest BCUT2D eigenvalue weighted by atomic mass is 19.4. The molecule has 0 unspecified atom stereocenters. The van der Waals surface area contributed by atoms with E-state index in [-0.39, 0.29) is 17.5 Å². The number of anilines is 1. The van der Waals surface area contributed by atoms with Gasteiger partial charge in [0.05, 0.1) is 18.9 Å². The van der Waals surface area contributed by atoms with Crippen molar-refractivity contribution in [3.63, 3.8) is 0 Å². The molecule has 0 radical (unpaired) electrons. The number of methoxy groups -OCH3 is 1. The van der Waals surface area contributed by atoms with Gasteiger partial charge in [0.25, 0.3) is 0 Å². The molecule has 2 saturated carbocycles. The fraction of sp³-hybridized carbons (Fsp3) is 0.476. The number of carbonyl (C=O) groups excluding carboxylic acids is 3. The van der Waals surface area contributed by atoms with Gasteiger partial charge < -0.3 is 4.74 Å². The summed E-state index contributed by atoms with van der Waals surface area (Å²) in [5.41, 5.74) is -0.0717. The molecule has 2 bridgehead atoms. The fourth-order valence-electron chi connectivity index (χ4n) is 5.48. The van der Waals surface area contributed by atoms with Gasteiger partial charge >= 0.3 is 12.1 Å². The second kappa shape index (κ2) is 6.33. The first-order valence-corrected chi connectivity index (χ1v) is 9.78. The number of halogens is 3. The average Bonchev–Trinajstić information content (AvgIpc) is 3.51. The summed E-state index contributed by atoms with van der Waals surface area (Å²) in [7, 11) is 1.41. The number of amides is 3. The standard InChI is InChI=1S/C21H19F3N2O4/c1-30-11-4-2-10(3-5-11)25(20(29)21(22,23)24)9-26-18(27)16-12-6-7-13(15-8-14(12)15)17(16)19(26)28/h2-7,12-17H,8-9H2,1H3/t12-,13-,14-,15+,16+,17+/m0/s1. The van der Waals surface area contributed by atoms with Gasteiger partial charge in [-0.05, 0) is 54.4 Å². The van der Waals surface area contributed by atoms with Crippen LogP contribution in [0.25, 0.3) is 0 Å². The predicted molar refractivity (Wildman–Crippen MR) is 98.0 cm³/mol. The van der Waals surface area contributed by atoms with Crippen molar-refractivity contribution >= 4 is 23.4 Å². The SMILES string of the molecule is COc1ccc(N(CN2C(=O)[C@@H]3[C@H]4C=C[C@@H]([C@@H]5C[C@H]45)[C@H]3C2=O)C(=O)C(F)(F)F)cc1. The third kappa shape index (κ3) is 2.67. The molecule has 4 aliphatic carbocycles. The molecular weight excluding hydrogens is 401 g/mol. The molecule has 1 saturated heterocycles. The Hall–Kier alpha value is -2.84. The van der Waals surface area contributed by atoms with Gasteiger partial charge in [0.2, 0.25) is 11.8 Å². The van der Waals surface area contributed by atoms with Gasteiger partial charge in [-0.2, -0.15) is 13.2 Å². The van der Waals surface area contributed by atoms with Crippen molar-refractivity contribution in [3.05, 3.63) is 36.4 Å². The van der Waals surface area contributed by atoms with Crippen molar-refractivity contribution in [2.75, 3.05) is 18.7 Å². The molecule has 3 fully saturated rings. The highest BCUT2D eigenvalue weighted by Crippen LogP contribution is 2.65. The first-order valence-electron chi connectivity index (χ1n) is 9.78. The summed E-state index contributed by atoms with van der Waals surface area (Å²) in [6, 6.07) is 5.41. The Morgan fingerprint density at radius 1 is 1.07 bits per heavy atom. The van der Waals surface area contributed by atoms with Crippen LogP contribution in [0.4, 0.5) is 18.9 Å². The van der Waals surface area contributed by atoms with Gasteiger partial charge in [-0.1, -0.05) is 12.2 Å². The zero-order valence-corrected chi connectivity index (χ0v) is 16.0. The minimum Gasteiger partial charge on any atom is -0.497 e. The lowest BCUT2D eigenvalue weighted by molar-refractivity contribution is -0.171. The van der Waals surface area contributed by atoms with Gasteiger partial charge in [0.15, 0.2) is 0 Å². The number of benzene rings is 1. The van der Waals surface area contributed by atoms with Crippen LogP contribution in [-0.2, 0) is 14.4 Å². The summed E-state index contributed by atoms with van der Waals surface area (Å²) in [5.74, 6) is -3.08. The van der Waals surface area contributed by atoms with E-state index in [9.17, 15) is 27.6 Å². The van der Waals surface area contributed by atoms with Gasteiger partial charge in [-0.15, -0.1) is 0 Å². The largest absolute Gasteiger partial charge is 0.497 e. The van der Waals surface area contributed by atoms with E-state index >= 15 is 0 Å². The number of hydrogen-bond donors (Lipinski definition) is 0. The summed E-state index contributed by atoms with van der Waals surface area (Å²) in [4.78, 5) is 39.6. The van der Waals surface area contributed by atoms with Crippen LogP contribution in [0.3, 0.4) is 0 Å². The van der Waals surface area contributed by atoms with Crippen LogP contribution in [0.5, 0.6) is 5.75 Å². The second-order valence-electron chi connectivity index (χ2n) is 8.33. The third-order valence-corrected chi connectivity index (χ3v) is 6.91. The molecule has 1 aromatic carbocycles. The lowest BCUT2D eigenvalue weighted by Gasteiger charge is -2.37. The summed E-state index contributed by atoms with van der Waals surface area (Å²) >= 11 is 0. The Kier molecular flexibility index (Phi) is 4.04. The molecule has 9 heteroatoms. The maximum Gasteiger partial charge on any atom is 0.471 e. The predicted octanol–water partition coefficient (Wildman–Crippen LogP) is 2.60. The number of likely N-dealkylation sites (tertiary alicyclic amines) is 1. The van der Waals surface area contributed by atoms with Crippen LogP contribution in [-0.4, -0.2) is 42.6 Å². The average molecular weight is 420 g/mol. The highest BCUT2D eigenvalue weighted by molar-refractivity contribution is 6.07. The number of hydrogen-bond acceptors (Lipinski definition) is 4. The van der Waals surface area contributed by atoms with E-state index in [1.165, 1.54) is 31.4 Å². The van der Waals surface area contributed by atoms with Crippen LogP contribution in [0.15, 0.2) is 36.4 Å². The van der Waals surface area contributed by atoms with E-state index < -0.39 is 42.4 Å². The smallest absolute Gasteiger partial charge is 0.471 e. The van der Waals surface area contributed by atoms with E-state index in [1.807, 2.05) is 12.2 Å². The summed E-state index contributed by atoms with van der Waals surface area (Å²) in [6.45, 7) is -0.760. The van der Waals surface area contributed by atoms with Crippen molar-refractivity contribution in [2.24, 2.45) is 35.5 Å². The van der Waals surface area contributed by atoms with Crippen LogP contribution in [0, 0.1) is 35.5 Å². The molecule has 1 aromatic rings. The fourth-order valence-corrected chi connectivity index (χ4v) is 5.48. The zero-order chi connectivity index (χ0) is 21.4. The molecule has 1 heterocycles. The molecule has 6 nitrogen and oxygen atoms in total. The summed E-state index contributed by atoms with van der Waals surface area (Å²) in [6.07, 6.45) is -0.200. The molecule has 3 amide bonds. The Balaban J connectivity index is 1.45. The number of ether oxygens (including phenoxy) is 1. The number of carbonyl (C=O) groups is 3. The van der Waals surface area contributed by atoms with Crippen molar-refractivity contribution in [3.8, 4) is 5.75 Å². The quantitative estimate of drug-likeness (QED) is 0.555. The first kappa shape index (κ1) is 19.1. The lowest BCUT2D eigenvalue weighted by Crippen LogP contribution is -2.49. The molecule has 6 rings (SSSR count). The Bertz CT molecular complexity index is 922. The Morgan fingerprint density at radius 3 is 2.07 bits per heavy atom. The second-order valence-corrected chi connectivity index (χ2v) is 8.33. The lowest BCUT2D eigenvalue weighted by atomic mass is 9.63. The van der Waals surface area contributed by atoms with Crippen LogP contribution in [0.2, 0.25) is 0 Å². The van der Waals surface area contributed by atoms with Gasteiger partial charge in [-0.25, -0.2) is 0 Å². The monoisotopic (exact) mass is 420 g/mol. The molecule has 1 aliphatic heterocycles. The Labute approximate surface area is 170 Å². The third-order valence-electron chi connectivity index (χ3n) is 6.91. The maximum atomic E-state index is 13.3. The van der Waals surface area contributed by atoms with Crippen molar-refractivity contribution < 1.29 is 32.3 Å². The topological polar surface area (TPSA) is 66.9 Å². The van der Waals surface area contributed by atoms with Gasteiger partial charge in [0, 0.05) is 5.69 Å². The number of rotatable bonds is 4. The van der Waals surface area contributed by atoms with E-state index in [2.05, 4.69) is 0 Å². The molecule has 0 aromatic heterocycles. The summed E-state index contributed by atoms with van der Waals surface area (Å²) in [5, 5.41) is 0. The minimum atomic E-state index is -5.15. The molecule has 158 valence electrons. The van der Waals surface area contributed by atoms with Crippen molar-refractivity contribution in [1.29, 1.82) is 0 Å². The molecule has 5 aliphatic rings. The number of alkyl halides is 3. The van der Waals surface area contributed by atoms with E-state index in [0.717, 1.165) is 11.3 Å². The summed E-state index contributed by atoms with van der Waals surface area (Å²) < 4.78 is 44.8. The van der Waals surface area contributed by atoms with Gasteiger partial charge in [0.1, 0.15) is 12.4 Å². The molecule has 0 spiro atoms. The number of allylic oxidation sites excluding steroid dienone is 2. The van der Waals surface area contributed by atoms with Crippen molar-refractivity contribution in [1.82, 2.24) is 4.90 Å². The number of nitrogens with zero attached hydrogens (tertiary/aromatic N) is 2. The zero-order valence-electron chi connectivity index (χ0n) is 16.0. The van der Waals surface area contributed by atoms with Crippen LogP contribution in [0.1, 0.15) is 6.42 Å². The van der Waals surface area contributed by atoms with Crippen LogP contribution < -0.4 is 9.64 Å². The van der Waals surface area contributed by atoms with E-state index in [0.29, 0.717) is 22.5 Å². The minimum absolute atomic E-state index is 0.0424. The first-order chi connectivity index (χ1) is 14.2. The Morgan fingerprint density at radius 2 is 1.60 bits per heavy atom. The van der Waals surface area contributed by atoms with Crippen LogP contribution >= 0.6 is 0 Å². The van der Waals surface area contributed by atoms with E-state index in [1.54, 1.807) is 0 Å². The normalized spacial score (nSPS) is 33.4. The molecule has 6 atom stereocenters. The van der Waals surface area contributed by atoms with E-state index in [4.69, 9.17) is 4.74 Å².